The quantitative estimate of drug-likeness (QED) is 0.901. The monoisotopic (exact) mass is 302 g/mol. The third kappa shape index (κ3) is 2.77. The lowest BCUT2D eigenvalue weighted by Gasteiger charge is -2.45. The number of alkyl halides is 2. The zero-order valence-electron chi connectivity index (χ0n) is 11.7. The molecule has 2 rings (SSSR count). The summed E-state index contributed by atoms with van der Waals surface area (Å²) in [5.41, 5.74) is -2.41. The number of aliphatic hydroxyl groups is 1. The van der Waals surface area contributed by atoms with Gasteiger partial charge in [-0.15, -0.1) is 0 Å². The molecule has 0 bridgehead atoms. The molecular formula is C15H17F3O3. The molecule has 3 nitrogen and oxygen atoms in total. The van der Waals surface area contributed by atoms with Crippen molar-refractivity contribution in [1.29, 1.82) is 0 Å². The van der Waals surface area contributed by atoms with Gasteiger partial charge < -0.3 is 10.2 Å². The Morgan fingerprint density at radius 1 is 1.43 bits per heavy atom. The van der Waals surface area contributed by atoms with Crippen LogP contribution in [-0.2, 0) is 10.7 Å². The van der Waals surface area contributed by atoms with Gasteiger partial charge in [-0.25, -0.2) is 13.2 Å². The first-order chi connectivity index (χ1) is 9.57. The lowest BCUT2D eigenvalue weighted by Crippen LogP contribution is -2.49. The van der Waals surface area contributed by atoms with E-state index in [1.54, 1.807) is 13.8 Å². The summed E-state index contributed by atoms with van der Waals surface area (Å²) in [6.45, 7) is 3.43. The van der Waals surface area contributed by atoms with Gasteiger partial charge in [0.2, 0.25) is 0 Å². The third-order valence-electron chi connectivity index (χ3n) is 3.98. The average Bonchev–Trinajstić information content (AvgIpc) is 2.27. The summed E-state index contributed by atoms with van der Waals surface area (Å²) < 4.78 is 41.8. The molecule has 1 aliphatic carbocycles. The van der Waals surface area contributed by atoms with E-state index in [4.69, 9.17) is 5.11 Å². The highest BCUT2D eigenvalue weighted by Gasteiger charge is 2.55. The number of carboxylic acids is 1. The number of hydrogen-bond donors (Lipinski definition) is 2. The van der Waals surface area contributed by atoms with Crippen LogP contribution in [0.15, 0.2) is 18.2 Å². The normalized spacial score (nSPS) is 27.5. The molecule has 0 amide bonds. The summed E-state index contributed by atoms with van der Waals surface area (Å²) in [5, 5.41) is 19.5. The molecule has 6 heteroatoms. The molecule has 0 saturated carbocycles. The summed E-state index contributed by atoms with van der Waals surface area (Å²) >= 11 is 0. The number of halogens is 3. The summed E-state index contributed by atoms with van der Waals surface area (Å²) in [7, 11) is 0. The number of benzene rings is 1. The first kappa shape index (κ1) is 15.8. The molecule has 0 aliphatic heterocycles. The summed E-state index contributed by atoms with van der Waals surface area (Å²) in [6.07, 6.45) is -1.80. The van der Waals surface area contributed by atoms with E-state index < -0.39 is 47.6 Å². The van der Waals surface area contributed by atoms with Gasteiger partial charge in [0.25, 0.3) is 5.92 Å². The number of hydrogen-bond acceptors (Lipinski definition) is 2. The van der Waals surface area contributed by atoms with Crippen LogP contribution in [0, 0.1) is 11.7 Å². The maximum Gasteiger partial charge on any atom is 0.306 e. The minimum absolute atomic E-state index is 0.117. The average molecular weight is 302 g/mol. The SMILES string of the molecule is CC(C)[C@H]1c2ccc(F)cc2C(F)(F)C[C@]1(O)CC(=O)O. The van der Waals surface area contributed by atoms with Crippen LogP contribution in [0.25, 0.3) is 0 Å². The van der Waals surface area contributed by atoms with Gasteiger partial charge >= 0.3 is 5.97 Å². The highest BCUT2D eigenvalue weighted by Crippen LogP contribution is 2.53. The minimum Gasteiger partial charge on any atom is -0.481 e. The highest BCUT2D eigenvalue weighted by molar-refractivity contribution is 5.68. The molecule has 1 aromatic rings. The number of carboxylic acid groups (broad SMARTS) is 1. The second kappa shape index (κ2) is 5.02. The molecule has 2 atom stereocenters. The van der Waals surface area contributed by atoms with Crippen molar-refractivity contribution >= 4 is 5.97 Å². The topological polar surface area (TPSA) is 57.5 Å². The standard InChI is InChI=1S/C15H17F3O3/c1-8(2)13-10-4-3-9(16)5-11(10)15(17,18)7-14(13,21)6-12(19)20/h3-5,8,13,21H,6-7H2,1-2H3,(H,19,20)/t13-,14+/m0/s1. The lowest BCUT2D eigenvalue weighted by atomic mass is 9.64. The first-order valence-electron chi connectivity index (χ1n) is 6.69. The van der Waals surface area contributed by atoms with Crippen molar-refractivity contribution in [2.45, 2.75) is 44.1 Å². The fourth-order valence-electron chi connectivity index (χ4n) is 3.41. The van der Waals surface area contributed by atoms with Gasteiger partial charge in [0.1, 0.15) is 5.82 Å². The second-order valence-corrected chi connectivity index (χ2v) is 6.01. The fourth-order valence-corrected chi connectivity index (χ4v) is 3.41. The predicted octanol–water partition coefficient (Wildman–Crippen LogP) is 3.27. The van der Waals surface area contributed by atoms with Gasteiger partial charge in [-0.05, 0) is 23.6 Å². The fraction of sp³-hybridized carbons (Fsp3) is 0.533. The molecule has 21 heavy (non-hydrogen) atoms. The van der Waals surface area contributed by atoms with E-state index in [1.807, 2.05) is 0 Å². The van der Waals surface area contributed by atoms with E-state index in [0.29, 0.717) is 0 Å². The van der Waals surface area contributed by atoms with E-state index in [-0.39, 0.29) is 11.5 Å². The molecular weight excluding hydrogens is 285 g/mol. The molecule has 116 valence electrons. The van der Waals surface area contributed by atoms with Crippen molar-refractivity contribution in [3.05, 3.63) is 35.1 Å². The van der Waals surface area contributed by atoms with Crippen molar-refractivity contribution in [3.8, 4) is 0 Å². The van der Waals surface area contributed by atoms with E-state index in [9.17, 15) is 23.1 Å². The minimum atomic E-state index is -3.47. The smallest absolute Gasteiger partial charge is 0.306 e. The Morgan fingerprint density at radius 3 is 2.57 bits per heavy atom. The number of fused-ring (bicyclic) bond motifs is 1. The Labute approximate surface area is 120 Å². The van der Waals surface area contributed by atoms with Crippen LogP contribution < -0.4 is 0 Å². The van der Waals surface area contributed by atoms with Gasteiger partial charge in [-0.2, -0.15) is 0 Å². The number of aliphatic carboxylic acids is 1. The molecule has 0 fully saturated rings. The maximum atomic E-state index is 14.2. The van der Waals surface area contributed by atoms with Crippen LogP contribution in [0.3, 0.4) is 0 Å². The summed E-state index contributed by atoms with van der Waals surface area (Å²) in [5.74, 6) is -6.64. The molecule has 0 spiro atoms. The largest absolute Gasteiger partial charge is 0.481 e. The Balaban J connectivity index is 2.64. The first-order valence-corrected chi connectivity index (χ1v) is 6.69. The van der Waals surface area contributed by atoms with Crippen LogP contribution in [0.2, 0.25) is 0 Å². The van der Waals surface area contributed by atoms with Gasteiger partial charge in [0.05, 0.1) is 12.0 Å². The van der Waals surface area contributed by atoms with Crippen LogP contribution in [0.1, 0.15) is 43.7 Å². The molecule has 0 saturated heterocycles. The van der Waals surface area contributed by atoms with Gasteiger partial charge in [-0.1, -0.05) is 19.9 Å². The number of rotatable bonds is 3. The Kier molecular flexibility index (Phi) is 3.78. The Bertz CT molecular complexity index is 571. The highest BCUT2D eigenvalue weighted by atomic mass is 19.3. The Morgan fingerprint density at radius 2 is 2.05 bits per heavy atom. The van der Waals surface area contributed by atoms with E-state index in [0.717, 1.165) is 12.1 Å². The summed E-state index contributed by atoms with van der Waals surface area (Å²) in [6, 6.07) is 3.04. The van der Waals surface area contributed by atoms with Crippen molar-refractivity contribution in [2.24, 2.45) is 5.92 Å². The van der Waals surface area contributed by atoms with Crippen LogP contribution in [0.4, 0.5) is 13.2 Å². The molecule has 0 heterocycles. The van der Waals surface area contributed by atoms with Crippen molar-refractivity contribution in [3.63, 3.8) is 0 Å². The molecule has 1 aliphatic rings. The van der Waals surface area contributed by atoms with E-state index in [1.165, 1.54) is 6.07 Å². The second-order valence-electron chi connectivity index (χ2n) is 6.01. The molecule has 0 radical (unpaired) electrons. The zero-order chi connectivity index (χ0) is 16.0. The van der Waals surface area contributed by atoms with Gasteiger partial charge in [-0.3, -0.25) is 4.79 Å². The maximum absolute atomic E-state index is 14.2. The molecule has 0 aromatic heterocycles. The van der Waals surface area contributed by atoms with Gasteiger partial charge in [0, 0.05) is 17.9 Å². The third-order valence-corrected chi connectivity index (χ3v) is 3.98. The van der Waals surface area contributed by atoms with Gasteiger partial charge in [0.15, 0.2) is 0 Å². The molecule has 1 aromatic carbocycles. The Hall–Kier alpha value is -1.56. The molecule has 2 N–H and O–H groups in total. The van der Waals surface area contributed by atoms with Crippen LogP contribution in [0.5, 0.6) is 0 Å². The number of carbonyl (C=O) groups is 1. The van der Waals surface area contributed by atoms with E-state index >= 15 is 0 Å². The summed E-state index contributed by atoms with van der Waals surface area (Å²) in [4.78, 5) is 11.0. The van der Waals surface area contributed by atoms with Crippen molar-refractivity contribution < 1.29 is 28.2 Å². The van der Waals surface area contributed by atoms with Crippen LogP contribution >= 0.6 is 0 Å². The molecule has 0 unspecified atom stereocenters. The lowest BCUT2D eigenvalue weighted by molar-refractivity contribution is -0.157. The zero-order valence-corrected chi connectivity index (χ0v) is 11.7. The predicted molar refractivity (Wildman–Crippen MR) is 69.7 cm³/mol. The van der Waals surface area contributed by atoms with Crippen molar-refractivity contribution in [1.82, 2.24) is 0 Å². The van der Waals surface area contributed by atoms with Crippen molar-refractivity contribution in [2.75, 3.05) is 0 Å². The van der Waals surface area contributed by atoms with Crippen LogP contribution in [-0.4, -0.2) is 21.8 Å². The van der Waals surface area contributed by atoms with E-state index in [2.05, 4.69) is 0 Å².